The molecule has 4 heteroatoms. The molecule has 1 unspecified atom stereocenters. The fourth-order valence-electron chi connectivity index (χ4n) is 4.85. The summed E-state index contributed by atoms with van der Waals surface area (Å²) in [6.07, 6.45) is 6.27. The lowest BCUT2D eigenvalue weighted by Gasteiger charge is -2.55. The third-order valence-electron chi connectivity index (χ3n) is 5.23. The standard InChI is InChI=1S/C14H23NO3/c16-8-12(17)7-15-13(18)14-4-9-1-10(5-14)3-11(2-9)6-14/h9-12,16-17H,1-8H2,(H,15,18). The molecule has 0 heterocycles. The molecule has 0 aromatic heterocycles. The zero-order valence-corrected chi connectivity index (χ0v) is 10.8. The summed E-state index contributed by atoms with van der Waals surface area (Å²) in [5.74, 6) is 2.38. The molecular weight excluding hydrogens is 230 g/mol. The Hall–Kier alpha value is -0.610. The Labute approximate surface area is 108 Å². The van der Waals surface area contributed by atoms with E-state index >= 15 is 0 Å². The van der Waals surface area contributed by atoms with Crippen LogP contribution in [0.15, 0.2) is 0 Å². The Morgan fingerprint density at radius 1 is 1.17 bits per heavy atom. The quantitative estimate of drug-likeness (QED) is 0.690. The van der Waals surface area contributed by atoms with Gasteiger partial charge < -0.3 is 15.5 Å². The van der Waals surface area contributed by atoms with Crippen molar-refractivity contribution in [1.29, 1.82) is 0 Å². The van der Waals surface area contributed by atoms with Gasteiger partial charge >= 0.3 is 0 Å². The average molecular weight is 253 g/mol. The monoisotopic (exact) mass is 253 g/mol. The van der Waals surface area contributed by atoms with Crippen molar-refractivity contribution in [3.63, 3.8) is 0 Å². The normalized spacial score (nSPS) is 42.9. The number of carbonyl (C=O) groups is 1. The van der Waals surface area contributed by atoms with E-state index in [1.165, 1.54) is 19.3 Å². The highest BCUT2D eigenvalue weighted by atomic mass is 16.3. The number of aliphatic hydroxyl groups is 2. The van der Waals surface area contributed by atoms with E-state index in [0.29, 0.717) is 0 Å². The van der Waals surface area contributed by atoms with Gasteiger partial charge in [-0.3, -0.25) is 4.79 Å². The second-order valence-electron chi connectivity index (χ2n) is 6.74. The zero-order valence-electron chi connectivity index (χ0n) is 10.8. The lowest BCUT2D eigenvalue weighted by molar-refractivity contribution is -0.146. The van der Waals surface area contributed by atoms with Crippen molar-refractivity contribution in [3.05, 3.63) is 0 Å². The van der Waals surface area contributed by atoms with Crippen LogP contribution in [0.4, 0.5) is 0 Å². The minimum absolute atomic E-state index is 0.120. The van der Waals surface area contributed by atoms with E-state index in [-0.39, 0.29) is 24.5 Å². The van der Waals surface area contributed by atoms with Crippen molar-refractivity contribution >= 4 is 5.91 Å². The molecule has 0 aromatic rings. The van der Waals surface area contributed by atoms with Crippen LogP contribution in [0.5, 0.6) is 0 Å². The van der Waals surface area contributed by atoms with Gasteiger partial charge in [0.2, 0.25) is 5.91 Å². The molecule has 4 aliphatic rings. The number of nitrogens with one attached hydrogen (secondary N) is 1. The fourth-order valence-corrected chi connectivity index (χ4v) is 4.85. The van der Waals surface area contributed by atoms with Gasteiger partial charge in [0, 0.05) is 12.0 Å². The highest BCUT2D eigenvalue weighted by molar-refractivity contribution is 5.83. The second-order valence-corrected chi connectivity index (χ2v) is 6.74. The summed E-state index contributed by atoms with van der Waals surface area (Å²) in [6.45, 7) is -0.113. The Morgan fingerprint density at radius 3 is 2.11 bits per heavy atom. The van der Waals surface area contributed by atoms with Crippen molar-refractivity contribution in [3.8, 4) is 0 Å². The smallest absolute Gasteiger partial charge is 0.226 e. The summed E-state index contributed by atoms with van der Waals surface area (Å²) in [5.41, 5.74) is -0.149. The molecule has 0 saturated heterocycles. The Bertz CT molecular complexity index is 307. The molecule has 4 aliphatic carbocycles. The maximum absolute atomic E-state index is 12.4. The van der Waals surface area contributed by atoms with Crippen LogP contribution in [-0.4, -0.2) is 35.4 Å². The first-order valence-corrected chi connectivity index (χ1v) is 7.18. The minimum Gasteiger partial charge on any atom is -0.394 e. The third-order valence-corrected chi connectivity index (χ3v) is 5.23. The molecule has 0 aliphatic heterocycles. The lowest BCUT2D eigenvalue weighted by Crippen LogP contribution is -2.54. The van der Waals surface area contributed by atoms with Crippen LogP contribution in [0.2, 0.25) is 0 Å². The molecule has 4 rings (SSSR count). The summed E-state index contributed by atoms with van der Waals surface area (Å²) >= 11 is 0. The number of hydrogen-bond donors (Lipinski definition) is 3. The van der Waals surface area contributed by atoms with Gasteiger partial charge in [0.15, 0.2) is 0 Å². The predicted molar refractivity (Wildman–Crippen MR) is 66.7 cm³/mol. The first kappa shape index (κ1) is 12.4. The molecule has 0 aromatic carbocycles. The molecule has 4 saturated carbocycles. The first-order chi connectivity index (χ1) is 8.61. The SMILES string of the molecule is O=C(NCC(O)CO)C12CC3CC(CC(C3)C1)C2. The van der Waals surface area contributed by atoms with Crippen LogP contribution in [0.1, 0.15) is 38.5 Å². The molecule has 1 amide bonds. The number of aliphatic hydroxyl groups excluding tert-OH is 2. The van der Waals surface area contributed by atoms with E-state index in [1.54, 1.807) is 0 Å². The lowest BCUT2D eigenvalue weighted by atomic mass is 9.49. The van der Waals surface area contributed by atoms with Gasteiger partial charge in [0.05, 0.1) is 12.7 Å². The van der Waals surface area contributed by atoms with Crippen molar-refractivity contribution in [2.45, 2.75) is 44.6 Å². The molecule has 0 radical (unpaired) electrons. The van der Waals surface area contributed by atoms with E-state index in [0.717, 1.165) is 37.0 Å². The molecule has 18 heavy (non-hydrogen) atoms. The van der Waals surface area contributed by atoms with E-state index in [9.17, 15) is 9.90 Å². The Balaban J connectivity index is 1.66. The van der Waals surface area contributed by atoms with Crippen molar-refractivity contribution < 1.29 is 15.0 Å². The molecule has 1 atom stereocenters. The van der Waals surface area contributed by atoms with E-state index in [1.807, 2.05) is 0 Å². The summed E-state index contributed by atoms with van der Waals surface area (Å²) in [5, 5.41) is 20.9. The van der Waals surface area contributed by atoms with Crippen molar-refractivity contribution in [2.24, 2.45) is 23.2 Å². The fraction of sp³-hybridized carbons (Fsp3) is 0.929. The van der Waals surface area contributed by atoms with Gasteiger partial charge in [-0.2, -0.15) is 0 Å². The number of hydrogen-bond acceptors (Lipinski definition) is 3. The van der Waals surface area contributed by atoms with Crippen molar-refractivity contribution in [2.75, 3.05) is 13.2 Å². The van der Waals surface area contributed by atoms with Crippen molar-refractivity contribution in [1.82, 2.24) is 5.32 Å². The topological polar surface area (TPSA) is 69.6 Å². The summed E-state index contributed by atoms with van der Waals surface area (Å²) in [4.78, 5) is 12.4. The number of rotatable bonds is 4. The van der Waals surface area contributed by atoms with E-state index in [2.05, 4.69) is 5.32 Å². The number of carbonyl (C=O) groups excluding carboxylic acids is 1. The molecule has 4 nitrogen and oxygen atoms in total. The maximum Gasteiger partial charge on any atom is 0.226 e. The van der Waals surface area contributed by atoms with Crippen LogP contribution in [-0.2, 0) is 4.79 Å². The molecule has 4 fully saturated rings. The van der Waals surface area contributed by atoms with Crippen LogP contribution >= 0.6 is 0 Å². The Kier molecular flexibility index (Phi) is 3.10. The van der Waals surface area contributed by atoms with Gasteiger partial charge in [-0.1, -0.05) is 0 Å². The predicted octanol–water partition coefficient (Wildman–Crippen LogP) is 0.672. The van der Waals surface area contributed by atoms with E-state index < -0.39 is 6.10 Å². The average Bonchev–Trinajstić information content (AvgIpc) is 2.33. The van der Waals surface area contributed by atoms with Crippen LogP contribution in [0.25, 0.3) is 0 Å². The molecule has 0 spiro atoms. The van der Waals surface area contributed by atoms with Gasteiger partial charge in [0.25, 0.3) is 0 Å². The third kappa shape index (κ3) is 2.05. The van der Waals surface area contributed by atoms with Crippen LogP contribution < -0.4 is 5.32 Å². The highest BCUT2D eigenvalue weighted by Gasteiger charge is 2.54. The Morgan fingerprint density at radius 2 is 1.67 bits per heavy atom. The van der Waals surface area contributed by atoms with Gasteiger partial charge in [-0.25, -0.2) is 0 Å². The van der Waals surface area contributed by atoms with Gasteiger partial charge in [0.1, 0.15) is 0 Å². The molecule has 102 valence electrons. The number of amides is 1. The minimum atomic E-state index is -0.831. The van der Waals surface area contributed by atoms with Gasteiger partial charge in [-0.15, -0.1) is 0 Å². The maximum atomic E-state index is 12.4. The first-order valence-electron chi connectivity index (χ1n) is 7.18. The second kappa shape index (κ2) is 4.49. The zero-order chi connectivity index (χ0) is 12.8. The molecule has 4 bridgehead atoms. The van der Waals surface area contributed by atoms with Gasteiger partial charge in [-0.05, 0) is 56.3 Å². The summed E-state index contributed by atoms with van der Waals surface area (Å²) < 4.78 is 0. The summed E-state index contributed by atoms with van der Waals surface area (Å²) in [6, 6.07) is 0. The van der Waals surface area contributed by atoms with Crippen LogP contribution in [0, 0.1) is 23.2 Å². The van der Waals surface area contributed by atoms with E-state index in [4.69, 9.17) is 5.11 Å². The summed E-state index contributed by atoms with van der Waals surface area (Å²) in [7, 11) is 0. The van der Waals surface area contributed by atoms with Crippen LogP contribution in [0.3, 0.4) is 0 Å². The molecular formula is C14H23NO3. The largest absolute Gasteiger partial charge is 0.394 e. The highest BCUT2D eigenvalue weighted by Crippen LogP contribution is 2.60. The molecule has 3 N–H and O–H groups in total.